The van der Waals surface area contributed by atoms with Crippen LogP contribution in [0.1, 0.15) is 20.8 Å². The van der Waals surface area contributed by atoms with Gasteiger partial charge in [0.1, 0.15) is 5.82 Å². The highest BCUT2D eigenvalue weighted by Gasteiger charge is 2.10. The molecule has 0 amide bonds. The van der Waals surface area contributed by atoms with E-state index in [9.17, 15) is 4.79 Å². The minimum Gasteiger partial charge on any atom is -0.291 e. The van der Waals surface area contributed by atoms with Gasteiger partial charge in [-0.25, -0.2) is 9.78 Å². The summed E-state index contributed by atoms with van der Waals surface area (Å²) in [5.41, 5.74) is 1.92. The number of hydrogen-bond acceptors (Lipinski definition) is 4. The molecule has 13 heavy (non-hydrogen) atoms. The second-order valence-corrected chi connectivity index (χ2v) is 3.61. The van der Waals surface area contributed by atoms with Crippen molar-refractivity contribution >= 4 is 5.82 Å². The fourth-order valence-electron chi connectivity index (χ4n) is 0.636. The number of aromatic nitrogens is 2. The zero-order valence-electron chi connectivity index (χ0n) is 7.92. The molecule has 0 unspecified atom stereocenters. The van der Waals surface area contributed by atoms with Crippen LogP contribution in [-0.4, -0.2) is 15.6 Å². The topological polar surface area (TPSA) is 67.0 Å². The summed E-state index contributed by atoms with van der Waals surface area (Å²) in [5, 5.41) is 0. The highest BCUT2D eigenvalue weighted by atomic mass is 16.7. The first kappa shape index (κ1) is 9.73. The summed E-state index contributed by atoms with van der Waals surface area (Å²) < 4.78 is 0. The van der Waals surface area contributed by atoms with Gasteiger partial charge in [0.2, 0.25) is 0 Å². The molecule has 1 aromatic rings. The van der Waals surface area contributed by atoms with Crippen molar-refractivity contribution in [2.45, 2.75) is 26.4 Å². The molecular formula is C8H13N3O2. The maximum atomic E-state index is 10.8. The minimum atomic E-state index is -0.400. The Bertz CT molecular complexity index is 327. The molecule has 1 rings (SSSR count). The van der Waals surface area contributed by atoms with Crippen molar-refractivity contribution in [3.63, 3.8) is 0 Å². The first-order valence-corrected chi connectivity index (χ1v) is 3.97. The van der Waals surface area contributed by atoms with Crippen LogP contribution in [0.2, 0.25) is 0 Å². The molecule has 0 fully saturated rings. The highest BCUT2D eigenvalue weighted by molar-refractivity contribution is 5.28. The van der Waals surface area contributed by atoms with Crippen molar-refractivity contribution in [2.24, 2.45) is 0 Å². The molecule has 1 heterocycles. The van der Waals surface area contributed by atoms with E-state index in [1.807, 2.05) is 20.8 Å². The van der Waals surface area contributed by atoms with E-state index in [0.717, 1.165) is 0 Å². The molecular weight excluding hydrogens is 170 g/mol. The maximum absolute atomic E-state index is 10.8. The third-order valence-corrected chi connectivity index (χ3v) is 1.14. The predicted octanol–water partition coefficient (Wildman–Crippen LogP) is 0.912. The summed E-state index contributed by atoms with van der Waals surface area (Å²) >= 11 is 0. The minimum absolute atomic E-state index is 0.305. The molecule has 0 atom stereocenters. The van der Waals surface area contributed by atoms with E-state index < -0.39 is 5.69 Å². The standard InChI is InChI=1S/C8H13N3O2/c1-8(2,3)13-11-6-4-5-9-7(12)10-6/h4-5H,1-3H3,(H2,9,10,11,12). The quantitative estimate of drug-likeness (QED) is 0.669. The molecule has 5 nitrogen and oxygen atoms in total. The van der Waals surface area contributed by atoms with Crippen molar-refractivity contribution in [3.8, 4) is 0 Å². The third-order valence-electron chi connectivity index (χ3n) is 1.14. The van der Waals surface area contributed by atoms with Crippen molar-refractivity contribution in [1.82, 2.24) is 9.97 Å². The summed E-state index contributed by atoms with van der Waals surface area (Å²) in [6.07, 6.45) is 1.41. The first-order valence-electron chi connectivity index (χ1n) is 3.97. The van der Waals surface area contributed by atoms with Gasteiger partial charge in [-0.3, -0.25) is 15.3 Å². The normalized spacial score (nSPS) is 11.3. The Morgan fingerprint density at radius 3 is 2.77 bits per heavy atom. The molecule has 0 aliphatic carbocycles. The van der Waals surface area contributed by atoms with Crippen LogP contribution in [0.5, 0.6) is 0 Å². The molecule has 5 heteroatoms. The van der Waals surface area contributed by atoms with E-state index in [1.54, 1.807) is 6.07 Å². The Hall–Kier alpha value is -1.36. The maximum Gasteiger partial charge on any atom is 0.346 e. The number of rotatable bonds is 2. The summed E-state index contributed by atoms with van der Waals surface area (Å²) in [6, 6.07) is 1.62. The van der Waals surface area contributed by atoms with Gasteiger partial charge in [0, 0.05) is 6.20 Å². The fraction of sp³-hybridized carbons (Fsp3) is 0.500. The molecule has 2 N–H and O–H groups in total. The SMILES string of the molecule is CC(C)(C)ONc1ccnc(=O)[nH]1. The number of hydrogen-bond donors (Lipinski definition) is 2. The second kappa shape index (κ2) is 3.57. The second-order valence-electron chi connectivity index (χ2n) is 3.61. The van der Waals surface area contributed by atoms with Crippen LogP contribution >= 0.6 is 0 Å². The van der Waals surface area contributed by atoms with Gasteiger partial charge in [-0.05, 0) is 26.8 Å². The van der Waals surface area contributed by atoms with Crippen LogP contribution in [0.4, 0.5) is 5.82 Å². The van der Waals surface area contributed by atoms with Gasteiger partial charge in [-0.2, -0.15) is 0 Å². The lowest BCUT2D eigenvalue weighted by Crippen LogP contribution is -2.24. The van der Waals surface area contributed by atoms with Crippen LogP contribution in [0.15, 0.2) is 17.1 Å². The number of H-pyrrole nitrogens is 1. The van der Waals surface area contributed by atoms with Crippen LogP contribution < -0.4 is 11.2 Å². The molecule has 0 bridgehead atoms. The van der Waals surface area contributed by atoms with E-state index in [2.05, 4.69) is 15.4 Å². The Morgan fingerprint density at radius 2 is 2.23 bits per heavy atom. The zero-order chi connectivity index (χ0) is 9.90. The molecule has 0 saturated carbocycles. The van der Waals surface area contributed by atoms with Gasteiger partial charge in [0.25, 0.3) is 0 Å². The van der Waals surface area contributed by atoms with Gasteiger partial charge >= 0.3 is 5.69 Å². The van der Waals surface area contributed by atoms with Crippen LogP contribution in [0, 0.1) is 0 Å². The van der Waals surface area contributed by atoms with Gasteiger partial charge in [-0.15, -0.1) is 0 Å². The molecule has 0 aliphatic heterocycles. The van der Waals surface area contributed by atoms with E-state index >= 15 is 0 Å². The average Bonchev–Trinajstić information content (AvgIpc) is 2.00. The van der Waals surface area contributed by atoms with E-state index in [1.165, 1.54) is 6.20 Å². The van der Waals surface area contributed by atoms with E-state index in [4.69, 9.17) is 4.84 Å². The lowest BCUT2D eigenvalue weighted by atomic mass is 10.2. The fourth-order valence-corrected chi connectivity index (χ4v) is 0.636. The van der Waals surface area contributed by atoms with Crippen LogP contribution in [0.25, 0.3) is 0 Å². The van der Waals surface area contributed by atoms with Crippen LogP contribution in [0.3, 0.4) is 0 Å². The summed E-state index contributed by atoms with van der Waals surface area (Å²) in [7, 11) is 0. The number of aromatic amines is 1. The van der Waals surface area contributed by atoms with Crippen LogP contribution in [-0.2, 0) is 4.84 Å². The largest absolute Gasteiger partial charge is 0.346 e. The molecule has 72 valence electrons. The van der Waals surface area contributed by atoms with Crippen molar-refractivity contribution in [1.29, 1.82) is 0 Å². The summed E-state index contributed by atoms with van der Waals surface area (Å²) in [5.74, 6) is 0.495. The monoisotopic (exact) mass is 183 g/mol. The Balaban J connectivity index is 2.60. The van der Waals surface area contributed by atoms with Gasteiger partial charge in [0.05, 0.1) is 5.60 Å². The molecule has 0 aromatic carbocycles. The third kappa shape index (κ3) is 3.71. The number of nitrogens with one attached hydrogen (secondary N) is 2. The zero-order valence-corrected chi connectivity index (χ0v) is 7.92. The highest BCUT2D eigenvalue weighted by Crippen LogP contribution is 2.07. The Labute approximate surface area is 76.1 Å². The number of nitrogens with zero attached hydrogens (tertiary/aromatic N) is 1. The summed E-state index contributed by atoms with van der Waals surface area (Å²) in [6.45, 7) is 5.71. The van der Waals surface area contributed by atoms with Crippen molar-refractivity contribution in [3.05, 3.63) is 22.7 Å². The van der Waals surface area contributed by atoms with Crippen molar-refractivity contribution < 1.29 is 4.84 Å². The summed E-state index contributed by atoms with van der Waals surface area (Å²) in [4.78, 5) is 21.9. The Morgan fingerprint density at radius 1 is 1.54 bits per heavy atom. The predicted molar refractivity (Wildman–Crippen MR) is 49.3 cm³/mol. The van der Waals surface area contributed by atoms with Gasteiger partial charge in [0.15, 0.2) is 0 Å². The molecule has 0 saturated heterocycles. The van der Waals surface area contributed by atoms with E-state index in [0.29, 0.717) is 5.82 Å². The van der Waals surface area contributed by atoms with Crippen molar-refractivity contribution in [2.75, 3.05) is 5.48 Å². The molecule has 0 aliphatic rings. The Kier molecular flexibility index (Phi) is 2.67. The van der Waals surface area contributed by atoms with Gasteiger partial charge in [-0.1, -0.05) is 0 Å². The lowest BCUT2D eigenvalue weighted by Gasteiger charge is -2.19. The molecule has 0 spiro atoms. The molecule has 1 aromatic heterocycles. The lowest BCUT2D eigenvalue weighted by molar-refractivity contribution is 0.0366. The first-order chi connectivity index (χ1) is 5.97. The van der Waals surface area contributed by atoms with Gasteiger partial charge < -0.3 is 0 Å². The van der Waals surface area contributed by atoms with E-state index in [-0.39, 0.29) is 5.60 Å². The smallest absolute Gasteiger partial charge is 0.291 e. The number of anilines is 1. The average molecular weight is 183 g/mol. The molecule has 0 radical (unpaired) electrons.